The van der Waals surface area contributed by atoms with Gasteiger partial charge < -0.3 is 5.73 Å². The van der Waals surface area contributed by atoms with Crippen LogP contribution < -0.4 is 5.73 Å². The molecule has 19 heavy (non-hydrogen) atoms. The number of hydrogen-bond acceptors (Lipinski definition) is 1. The summed E-state index contributed by atoms with van der Waals surface area (Å²) in [7, 11) is 0. The lowest BCUT2D eigenvalue weighted by Gasteiger charge is -2.15. The van der Waals surface area contributed by atoms with Gasteiger partial charge in [0.05, 0.1) is 11.1 Å². The summed E-state index contributed by atoms with van der Waals surface area (Å²) in [6.07, 6.45) is 0. The van der Waals surface area contributed by atoms with Crippen molar-refractivity contribution in [3.05, 3.63) is 67.6 Å². The molecule has 0 heterocycles. The van der Waals surface area contributed by atoms with Gasteiger partial charge in [0.25, 0.3) is 0 Å². The van der Waals surface area contributed by atoms with Crippen LogP contribution in [-0.2, 0) is 0 Å². The van der Waals surface area contributed by atoms with Gasteiger partial charge in [-0.3, -0.25) is 0 Å². The average Bonchev–Trinajstić information content (AvgIpc) is 2.36. The van der Waals surface area contributed by atoms with E-state index < -0.39 is 17.7 Å². The van der Waals surface area contributed by atoms with Crippen LogP contribution in [0.1, 0.15) is 17.2 Å². The summed E-state index contributed by atoms with van der Waals surface area (Å²) in [6, 6.07) is 5.54. The molecule has 0 radical (unpaired) electrons. The van der Waals surface area contributed by atoms with E-state index in [0.29, 0.717) is 14.5 Å². The van der Waals surface area contributed by atoms with Gasteiger partial charge in [0.15, 0.2) is 0 Å². The van der Waals surface area contributed by atoms with Crippen LogP contribution in [0, 0.1) is 11.6 Å². The van der Waals surface area contributed by atoms with Crippen molar-refractivity contribution < 1.29 is 8.78 Å². The highest BCUT2D eigenvalue weighted by Crippen LogP contribution is 2.32. The molecule has 100 valence electrons. The lowest BCUT2D eigenvalue weighted by Crippen LogP contribution is -2.15. The maximum Gasteiger partial charge on any atom is 0.129 e. The summed E-state index contributed by atoms with van der Waals surface area (Å²) < 4.78 is 28.0. The Morgan fingerprint density at radius 1 is 1.00 bits per heavy atom. The molecule has 2 aromatic rings. The zero-order valence-corrected chi connectivity index (χ0v) is 12.5. The predicted molar refractivity (Wildman–Crippen MR) is 76.6 cm³/mol. The Kier molecular flexibility index (Phi) is 4.46. The van der Waals surface area contributed by atoms with E-state index in [0.717, 1.165) is 0 Å². The van der Waals surface area contributed by atoms with E-state index >= 15 is 0 Å². The first-order chi connectivity index (χ1) is 8.90. The first kappa shape index (κ1) is 14.7. The molecule has 2 N–H and O–H groups in total. The molecule has 0 aliphatic rings. The van der Waals surface area contributed by atoms with Gasteiger partial charge in [0.2, 0.25) is 0 Å². The zero-order valence-electron chi connectivity index (χ0n) is 9.43. The molecule has 0 aliphatic heterocycles. The number of hydrogen-bond donors (Lipinski definition) is 1. The van der Waals surface area contributed by atoms with Crippen LogP contribution in [-0.4, -0.2) is 0 Å². The van der Waals surface area contributed by atoms with E-state index in [-0.39, 0.29) is 11.1 Å². The highest BCUT2D eigenvalue weighted by atomic mass is 79.9. The fraction of sp³-hybridized carbons (Fsp3) is 0.0769. The van der Waals surface area contributed by atoms with Gasteiger partial charge in [-0.05, 0) is 46.3 Å². The quantitative estimate of drug-likeness (QED) is 0.736. The Balaban J connectivity index is 2.52. The second-order valence-electron chi connectivity index (χ2n) is 3.93. The summed E-state index contributed by atoms with van der Waals surface area (Å²) >= 11 is 14.8. The predicted octanol–water partition coefficient (Wildman–Crippen LogP) is 5.08. The summed E-state index contributed by atoms with van der Waals surface area (Å²) in [4.78, 5) is 0. The van der Waals surface area contributed by atoms with E-state index in [2.05, 4.69) is 15.9 Å². The second-order valence-corrected chi connectivity index (χ2v) is 5.63. The Bertz CT molecular complexity index is 634. The van der Waals surface area contributed by atoms with Crippen LogP contribution in [0.25, 0.3) is 0 Å². The molecule has 0 saturated heterocycles. The molecule has 0 spiro atoms. The molecule has 0 aromatic heterocycles. The molecule has 0 saturated carbocycles. The molecule has 0 bridgehead atoms. The third-order valence-corrected chi connectivity index (χ3v) is 4.10. The first-order valence-corrected chi connectivity index (χ1v) is 6.80. The van der Waals surface area contributed by atoms with Crippen LogP contribution in [0.2, 0.25) is 10.0 Å². The maximum absolute atomic E-state index is 13.9. The third kappa shape index (κ3) is 3.08. The van der Waals surface area contributed by atoms with Crippen LogP contribution in [0.3, 0.4) is 0 Å². The van der Waals surface area contributed by atoms with E-state index in [1.54, 1.807) is 0 Å². The molecule has 2 rings (SSSR count). The molecule has 6 heteroatoms. The van der Waals surface area contributed by atoms with Crippen LogP contribution in [0.15, 0.2) is 34.8 Å². The monoisotopic (exact) mass is 365 g/mol. The van der Waals surface area contributed by atoms with Crippen LogP contribution in [0.4, 0.5) is 8.78 Å². The molecule has 1 unspecified atom stereocenters. The van der Waals surface area contributed by atoms with Crippen molar-refractivity contribution in [2.75, 3.05) is 0 Å². The molecule has 1 nitrogen and oxygen atoms in total. The number of halogens is 5. The molecule has 0 amide bonds. The average molecular weight is 367 g/mol. The molecular formula is C13H8BrCl2F2N. The van der Waals surface area contributed by atoms with Crippen molar-refractivity contribution in [2.24, 2.45) is 5.73 Å². The van der Waals surface area contributed by atoms with Crippen molar-refractivity contribution >= 4 is 39.1 Å². The van der Waals surface area contributed by atoms with Gasteiger partial charge in [0.1, 0.15) is 11.6 Å². The Labute approximate surface area is 127 Å². The van der Waals surface area contributed by atoms with Gasteiger partial charge in [-0.15, -0.1) is 0 Å². The molecular weight excluding hydrogens is 359 g/mol. The van der Waals surface area contributed by atoms with Crippen LogP contribution >= 0.6 is 39.1 Å². The van der Waals surface area contributed by atoms with Crippen molar-refractivity contribution in [2.45, 2.75) is 6.04 Å². The van der Waals surface area contributed by atoms with Crippen LogP contribution in [0.5, 0.6) is 0 Å². The molecule has 1 atom stereocenters. The summed E-state index contributed by atoms with van der Waals surface area (Å²) in [5.74, 6) is -1.11. The second kappa shape index (κ2) is 5.75. The standard InChI is InChI=1S/C13H8BrCl2F2N/c14-9-5-12(18)8(4-10(9)16)13(19)7-3-6(15)1-2-11(7)17/h1-5,13H,19H2. The number of benzene rings is 2. The number of nitrogens with two attached hydrogens (primary N) is 1. The smallest absolute Gasteiger partial charge is 0.129 e. The highest BCUT2D eigenvalue weighted by molar-refractivity contribution is 9.10. The highest BCUT2D eigenvalue weighted by Gasteiger charge is 2.19. The number of rotatable bonds is 2. The lowest BCUT2D eigenvalue weighted by atomic mass is 9.98. The fourth-order valence-electron chi connectivity index (χ4n) is 1.70. The zero-order chi connectivity index (χ0) is 14.2. The summed E-state index contributed by atoms with van der Waals surface area (Å²) in [6.45, 7) is 0. The van der Waals surface area contributed by atoms with Gasteiger partial charge in [-0.1, -0.05) is 23.2 Å². The molecule has 2 aromatic carbocycles. The minimum absolute atomic E-state index is 0.106. The fourth-order valence-corrected chi connectivity index (χ4v) is 2.36. The van der Waals surface area contributed by atoms with Crippen molar-refractivity contribution in [3.63, 3.8) is 0 Å². The lowest BCUT2D eigenvalue weighted by molar-refractivity contribution is 0.575. The molecule has 0 aliphatic carbocycles. The summed E-state index contributed by atoms with van der Waals surface area (Å²) in [5, 5.41) is 0.629. The van der Waals surface area contributed by atoms with Crippen molar-refractivity contribution in [1.29, 1.82) is 0 Å². The normalized spacial score (nSPS) is 12.5. The van der Waals surface area contributed by atoms with E-state index in [1.807, 2.05) is 0 Å². The van der Waals surface area contributed by atoms with Gasteiger partial charge in [-0.2, -0.15) is 0 Å². The third-order valence-electron chi connectivity index (χ3n) is 2.67. The van der Waals surface area contributed by atoms with E-state index in [9.17, 15) is 8.78 Å². The Morgan fingerprint density at radius 3 is 2.32 bits per heavy atom. The van der Waals surface area contributed by atoms with Gasteiger partial charge in [-0.25, -0.2) is 8.78 Å². The Morgan fingerprint density at radius 2 is 1.63 bits per heavy atom. The minimum atomic E-state index is -0.982. The van der Waals surface area contributed by atoms with Gasteiger partial charge >= 0.3 is 0 Å². The van der Waals surface area contributed by atoms with Gasteiger partial charge in [0, 0.05) is 20.6 Å². The summed E-state index contributed by atoms with van der Waals surface area (Å²) in [5.41, 5.74) is 6.11. The molecule has 0 fully saturated rings. The largest absolute Gasteiger partial charge is 0.320 e. The SMILES string of the molecule is NC(c1cc(Cl)ccc1F)c1cc(Cl)c(Br)cc1F. The minimum Gasteiger partial charge on any atom is -0.320 e. The van der Waals surface area contributed by atoms with Crippen molar-refractivity contribution in [3.8, 4) is 0 Å². The first-order valence-electron chi connectivity index (χ1n) is 5.25. The Hall–Kier alpha value is -0.680. The maximum atomic E-state index is 13.9. The topological polar surface area (TPSA) is 26.0 Å². The van der Waals surface area contributed by atoms with E-state index in [4.69, 9.17) is 28.9 Å². The van der Waals surface area contributed by atoms with E-state index in [1.165, 1.54) is 30.3 Å². The van der Waals surface area contributed by atoms with Crippen molar-refractivity contribution in [1.82, 2.24) is 0 Å².